The highest BCUT2D eigenvalue weighted by atomic mass is 79.9. The van der Waals surface area contributed by atoms with Crippen LogP contribution in [-0.4, -0.2) is 18.3 Å². The van der Waals surface area contributed by atoms with E-state index in [1.165, 1.54) is 11.3 Å². The van der Waals surface area contributed by atoms with Crippen molar-refractivity contribution in [1.29, 1.82) is 0 Å². The molecule has 1 aromatic heterocycles. The Morgan fingerprint density at radius 1 is 1.53 bits per heavy atom. The van der Waals surface area contributed by atoms with Gasteiger partial charge in [-0.05, 0) is 49.8 Å². The fraction of sp³-hybridized carbons (Fsp3) is 0.545. The molecule has 0 aliphatic heterocycles. The van der Waals surface area contributed by atoms with E-state index in [1.54, 1.807) is 0 Å². The first-order valence-electron chi connectivity index (χ1n) is 5.15. The zero-order valence-electron chi connectivity index (χ0n) is 9.65. The molecule has 1 aromatic rings. The Hall–Kier alpha value is 0.420. The second-order valence-corrected chi connectivity index (χ2v) is 8.12. The van der Waals surface area contributed by atoms with Crippen molar-refractivity contribution in [3.63, 3.8) is 0 Å². The van der Waals surface area contributed by atoms with Gasteiger partial charge in [0.1, 0.15) is 0 Å². The Balaban J connectivity index is 2.56. The first-order chi connectivity index (χ1) is 7.85. The highest BCUT2D eigenvalue weighted by Gasteiger charge is 2.19. The quantitative estimate of drug-likeness (QED) is 0.712. The van der Waals surface area contributed by atoms with Crippen molar-refractivity contribution in [1.82, 2.24) is 5.32 Å². The third-order valence-corrected chi connectivity index (χ3v) is 5.81. The van der Waals surface area contributed by atoms with Crippen LogP contribution in [0, 0.1) is 5.41 Å². The van der Waals surface area contributed by atoms with Gasteiger partial charge in [-0.15, -0.1) is 22.9 Å². The minimum absolute atomic E-state index is 0.0309. The van der Waals surface area contributed by atoms with Crippen molar-refractivity contribution in [3.8, 4) is 0 Å². The van der Waals surface area contributed by atoms with Crippen molar-refractivity contribution < 1.29 is 4.79 Å². The lowest BCUT2D eigenvalue weighted by atomic mass is 9.90. The van der Waals surface area contributed by atoms with Gasteiger partial charge in [-0.3, -0.25) is 4.79 Å². The van der Waals surface area contributed by atoms with Crippen molar-refractivity contribution in [3.05, 3.63) is 19.2 Å². The summed E-state index contributed by atoms with van der Waals surface area (Å²) in [7, 11) is 0. The van der Waals surface area contributed by atoms with Gasteiger partial charge in [0.25, 0.3) is 5.91 Å². The maximum atomic E-state index is 11.9. The summed E-state index contributed by atoms with van der Waals surface area (Å²) in [5.74, 6) is 0.572. The van der Waals surface area contributed by atoms with E-state index in [0.29, 0.717) is 17.3 Å². The monoisotopic (exact) mass is 401 g/mol. The van der Waals surface area contributed by atoms with Gasteiger partial charge in [-0.25, -0.2) is 0 Å². The maximum Gasteiger partial charge on any atom is 0.261 e. The molecule has 1 N–H and O–H groups in total. The summed E-state index contributed by atoms with van der Waals surface area (Å²) in [6.07, 6.45) is 0.882. The Labute approximate surface area is 127 Å². The molecule has 0 aliphatic rings. The van der Waals surface area contributed by atoms with E-state index in [9.17, 15) is 4.79 Å². The van der Waals surface area contributed by atoms with Crippen molar-refractivity contribution >= 4 is 60.7 Å². The smallest absolute Gasteiger partial charge is 0.261 e. The molecule has 17 heavy (non-hydrogen) atoms. The second kappa shape index (κ2) is 6.55. The lowest BCUT2D eigenvalue weighted by molar-refractivity contribution is 0.0940. The molecule has 6 heteroatoms. The van der Waals surface area contributed by atoms with E-state index in [2.05, 4.69) is 51.0 Å². The SMILES string of the molecule is CC(C)(CCCl)CNC(=O)c1cc(Br)c(Br)s1. The summed E-state index contributed by atoms with van der Waals surface area (Å²) in [5, 5.41) is 2.94. The summed E-state index contributed by atoms with van der Waals surface area (Å²) >= 11 is 13.9. The Morgan fingerprint density at radius 2 is 2.18 bits per heavy atom. The van der Waals surface area contributed by atoms with Crippen molar-refractivity contribution in [2.24, 2.45) is 5.41 Å². The molecule has 0 unspecified atom stereocenters. The van der Waals surface area contributed by atoms with Crippen LogP contribution in [0.1, 0.15) is 29.9 Å². The van der Waals surface area contributed by atoms with Crippen molar-refractivity contribution in [2.75, 3.05) is 12.4 Å². The Bertz CT molecular complexity index is 387. The summed E-state index contributed by atoms with van der Waals surface area (Å²) in [4.78, 5) is 12.6. The van der Waals surface area contributed by atoms with Gasteiger partial charge >= 0.3 is 0 Å². The maximum absolute atomic E-state index is 11.9. The standard InChI is InChI=1S/C11H14Br2ClNOS/c1-11(2,3-4-14)6-15-10(16)8-5-7(12)9(13)17-8/h5H,3-4,6H2,1-2H3,(H,15,16). The molecule has 0 aromatic carbocycles. The van der Waals surface area contributed by atoms with E-state index in [4.69, 9.17) is 11.6 Å². The molecule has 1 rings (SSSR count). The number of hydrogen-bond acceptors (Lipinski definition) is 2. The van der Waals surface area contributed by atoms with E-state index in [1.807, 2.05) is 6.07 Å². The van der Waals surface area contributed by atoms with Gasteiger partial charge in [0, 0.05) is 16.9 Å². The first kappa shape index (κ1) is 15.5. The molecule has 0 spiro atoms. The molecule has 0 atom stereocenters. The van der Waals surface area contributed by atoms with Crippen LogP contribution >= 0.6 is 54.8 Å². The van der Waals surface area contributed by atoms with Gasteiger partial charge in [-0.1, -0.05) is 13.8 Å². The Morgan fingerprint density at radius 3 is 2.65 bits per heavy atom. The molecular formula is C11H14Br2ClNOS. The van der Waals surface area contributed by atoms with Gasteiger partial charge in [0.05, 0.1) is 8.66 Å². The number of alkyl halides is 1. The molecule has 1 heterocycles. The van der Waals surface area contributed by atoms with Gasteiger partial charge in [-0.2, -0.15) is 0 Å². The predicted octanol–water partition coefficient (Wildman–Crippen LogP) is 4.66. The lowest BCUT2D eigenvalue weighted by Crippen LogP contribution is -2.33. The van der Waals surface area contributed by atoms with E-state index >= 15 is 0 Å². The summed E-state index contributed by atoms with van der Waals surface area (Å²) in [5.41, 5.74) is 0.0309. The van der Waals surface area contributed by atoms with Crippen LogP contribution in [0.2, 0.25) is 0 Å². The van der Waals surface area contributed by atoms with Crippen LogP contribution in [0.25, 0.3) is 0 Å². The molecule has 1 amide bonds. The summed E-state index contributed by atoms with van der Waals surface area (Å²) in [6, 6.07) is 1.82. The molecular weight excluding hydrogens is 389 g/mol. The van der Waals surface area contributed by atoms with Gasteiger partial charge in [0.15, 0.2) is 0 Å². The minimum Gasteiger partial charge on any atom is -0.351 e. The minimum atomic E-state index is -0.0379. The molecule has 0 aliphatic carbocycles. The number of rotatable bonds is 5. The highest BCUT2D eigenvalue weighted by Crippen LogP contribution is 2.32. The summed E-state index contributed by atoms with van der Waals surface area (Å²) in [6.45, 7) is 4.82. The van der Waals surface area contributed by atoms with E-state index < -0.39 is 0 Å². The predicted molar refractivity (Wildman–Crippen MR) is 81.2 cm³/mol. The third kappa shape index (κ3) is 4.89. The number of halogens is 3. The van der Waals surface area contributed by atoms with Crippen LogP contribution in [0.3, 0.4) is 0 Å². The van der Waals surface area contributed by atoms with Crippen LogP contribution in [0.4, 0.5) is 0 Å². The zero-order chi connectivity index (χ0) is 13.1. The van der Waals surface area contributed by atoms with E-state index in [0.717, 1.165) is 14.7 Å². The fourth-order valence-electron chi connectivity index (χ4n) is 1.21. The van der Waals surface area contributed by atoms with Crippen LogP contribution in [0.15, 0.2) is 14.3 Å². The third-order valence-electron chi connectivity index (χ3n) is 2.37. The van der Waals surface area contributed by atoms with Gasteiger partial charge < -0.3 is 5.32 Å². The first-order valence-corrected chi connectivity index (χ1v) is 8.08. The van der Waals surface area contributed by atoms with Crippen LogP contribution < -0.4 is 5.32 Å². The number of nitrogens with one attached hydrogen (secondary N) is 1. The number of carbonyl (C=O) groups excluding carboxylic acids is 1. The average Bonchev–Trinajstić information content (AvgIpc) is 2.56. The van der Waals surface area contributed by atoms with E-state index in [-0.39, 0.29) is 11.3 Å². The lowest BCUT2D eigenvalue weighted by Gasteiger charge is -2.23. The average molecular weight is 404 g/mol. The molecule has 0 bridgehead atoms. The number of carbonyl (C=O) groups is 1. The van der Waals surface area contributed by atoms with Gasteiger partial charge in [0.2, 0.25) is 0 Å². The molecule has 0 radical (unpaired) electrons. The highest BCUT2D eigenvalue weighted by molar-refractivity contribution is 9.13. The Kier molecular flexibility index (Phi) is 5.96. The van der Waals surface area contributed by atoms with Crippen molar-refractivity contribution in [2.45, 2.75) is 20.3 Å². The number of hydrogen-bond donors (Lipinski definition) is 1. The largest absolute Gasteiger partial charge is 0.351 e. The molecule has 0 saturated carbocycles. The molecule has 2 nitrogen and oxygen atoms in total. The molecule has 96 valence electrons. The normalized spacial score (nSPS) is 11.6. The number of amides is 1. The number of thiophene rings is 1. The fourth-order valence-corrected chi connectivity index (χ4v) is 3.67. The topological polar surface area (TPSA) is 29.1 Å². The van der Waals surface area contributed by atoms with Crippen LogP contribution in [-0.2, 0) is 0 Å². The second-order valence-electron chi connectivity index (χ2n) is 4.52. The summed E-state index contributed by atoms with van der Waals surface area (Å²) < 4.78 is 1.84. The molecule has 0 fully saturated rings. The zero-order valence-corrected chi connectivity index (χ0v) is 14.4. The van der Waals surface area contributed by atoms with Crippen LogP contribution in [0.5, 0.6) is 0 Å². The molecule has 0 saturated heterocycles.